The lowest BCUT2D eigenvalue weighted by Gasteiger charge is -2.35. The first-order chi connectivity index (χ1) is 15.9. The van der Waals surface area contributed by atoms with E-state index in [1.165, 1.54) is 6.33 Å². The van der Waals surface area contributed by atoms with Gasteiger partial charge in [0.05, 0.1) is 18.7 Å². The molecule has 1 saturated heterocycles. The molecule has 1 amide bonds. The lowest BCUT2D eigenvalue weighted by Crippen LogP contribution is -2.46. The summed E-state index contributed by atoms with van der Waals surface area (Å²) in [5.41, 5.74) is 3.71. The van der Waals surface area contributed by atoms with Crippen LogP contribution < -0.4 is 0 Å². The van der Waals surface area contributed by atoms with Crippen molar-refractivity contribution >= 4 is 11.6 Å². The van der Waals surface area contributed by atoms with Crippen molar-refractivity contribution in [3.8, 4) is 17.5 Å². The molecule has 1 aliphatic rings. The third-order valence-corrected chi connectivity index (χ3v) is 6.02. The van der Waals surface area contributed by atoms with Crippen molar-refractivity contribution in [1.82, 2.24) is 25.1 Å². The molecular weight excluding hydrogens is 416 g/mol. The van der Waals surface area contributed by atoms with Crippen molar-refractivity contribution in [3.05, 3.63) is 76.4 Å². The molecule has 8 heteroatoms. The Morgan fingerprint density at radius 3 is 2.55 bits per heavy atom. The number of tetrazole rings is 1. The monoisotopic (exact) mass is 440 g/mol. The number of amides is 1. The second-order valence-corrected chi connectivity index (χ2v) is 8.28. The first-order valence-corrected chi connectivity index (χ1v) is 10.7. The van der Waals surface area contributed by atoms with Crippen LogP contribution in [0.1, 0.15) is 35.1 Å². The molecule has 0 atom stereocenters. The Morgan fingerprint density at radius 2 is 1.91 bits per heavy atom. The van der Waals surface area contributed by atoms with Gasteiger partial charge in [-0.05, 0) is 59.2 Å². The smallest absolute Gasteiger partial charge is 0.226 e. The van der Waals surface area contributed by atoms with Crippen LogP contribution in [0, 0.1) is 32.3 Å². The van der Waals surface area contributed by atoms with Crippen molar-refractivity contribution in [2.24, 2.45) is 0 Å². The minimum atomic E-state index is -1.14. The molecule has 1 aromatic heterocycles. The van der Waals surface area contributed by atoms with Crippen molar-refractivity contribution in [2.45, 2.75) is 38.7 Å². The summed E-state index contributed by atoms with van der Waals surface area (Å²) in [6.07, 6.45) is 2.60. The molecule has 0 unspecified atom stereocenters. The molecule has 1 N–H and O–H groups in total. The lowest BCUT2D eigenvalue weighted by atomic mass is 9.91. The van der Waals surface area contributed by atoms with E-state index in [0.29, 0.717) is 38.0 Å². The first-order valence-electron chi connectivity index (χ1n) is 10.7. The number of hydrogen-bond acceptors (Lipinski definition) is 5. The maximum atomic E-state index is 12.8. The van der Waals surface area contributed by atoms with Gasteiger partial charge in [0.1, 0.15) is 11.9 Å². The molecule has 2 aromatic carbocycles. The third-order valence-electron chi connectivity index (χ3n) is 6.02. The van der Waals surface area contributed by atoms with Gasteiger partial charge < -0.3 is 10.0 Å². The molecule has 1 fully saturated rings. The molecule has 4 rings (SSSR count). The van der Waals surface area contributed by atoms with E-state index in [1.807, 2.05) is 50.2 Å². The fourth-order valence-electron chi connectivity index (χ4n) is 3.91. The normalized spacial score (nSPS) is 14.8. The van der Waals surface area contributed by atoms with Crippen LogP contribution in [-0.2, 0) is 11.2 Å². The Balaban J connectivity index is 1.36. The predicted octanol–water partition coefficient (Wildman–Crippen LogP) is 2.78. The zero-order valence-corrected chi connectivity index (χ0v) is 18.6. The molecule has 3 aromatic rings. The highest BCUT2D eigenvalue weighted by atomic mass is 16.3. The molecule has 0 radical (unpaired) electrons. The van der Waals surface area contributed by atoms with E-state index in [4.69, 9.17) is 6.57 Å². The molecule has 2 heterocycles. The van der Waals surface area contributed by atoms with Gasteiger partial charge in [0.2, 0.25) is 5.91 Å². The van der Waals surface area contributed by atoms with Gasteiger partial charge in [0.15, 0.2) is 5.69 Å². The zero-order chi connectivity index (χ0) is 23.4. The van der Waals surface area contributed by atoms with Crippen molar-refractivity contribution in [1.29, 1.82) is 0 Å². The van der Waals surface area contributed by atoms with Gasteiger partial charge >= 0.3 is 0 Å². The van der Waals surface area contributed by atoms with E-state index in [2.05, 4.69) is 32.2 Å². The Kier molecular flexibility index (Phi) is 6.21. The highest BCUT2D eigenvalue weighted by Gasteiger charge is 2.32. The van der Waals surface area contributed by atoms with Crippen LogP contribution in [0.3, 0.4) is 0 Å². The minimum Gasteiger partial charge on any atom is -0.377 e. The molecule has 8 nitrogen and oxygen atoms in total. The topological polar surface area (TPSA) is 88.5 Å². The van der Waals surface area contributed by atoms with Crippen LogP contribution in [-0.4, -0.2) is 54.8 Å². The van der Waals surface area contributed by atoms with Gasteiger partial charge in [-0.15, -0.1) is 5.10 Å². The van der Waals surface area contributed by atoms with Crippen LogP contribution in [0.15, 0.2) is 42.7 Å². The number of rotatable bonds is 3. The van der Waals surface area contributed by atoms with E-state index in [-0.39, 0.29) is 5.91 Å². The Bertz CT molecular complexity index is 1260. The highest BCUT2D eigenvalue weighted by molar-refractivity contribution is 5.79. The second-order valence-electron chi connectivity index (χ2n) is 8.28. The summed E-state index contributed by atoms with van der Waals surface area (Å²) in [5, 5.41) is 22.0. The number of piperidine rings is 1. The van der Waals surface area contributed by atoms with E-state index in [1.54, 1.807) is 9.58 Å². The van der Waals surface area contributed by atoms with Crippen LogP contribution in [0.2, 0.25) is 0 Å². The maximum Gasteiger partial charge on any atom is 0.226 e. The average molecular weight is 441 g/mol. The molecule has 0 aliphatic carbocycles. The molecular formula is C25H24N6O2. The quantitative estimate of drug-likeness (QED) is 0.500. The van der Waals surface area contributed by atoms with Crippen molar-refractivity contribution in [3.63, 3.8) is 0 Å². The van der Waals surface area contributed by atoms with Crippen molar-refractivity contribution in [2.75, 3.05) is 13.1 Å². The van der Waals surface area contributed by atoms with Crippen LogP contribution in [0.25, 0.3) is 10.5 Å². The maximum absolute atomic E-state index is 12.8. The van der Waals surface area contributed by atoms with Gasteiger partial charge in [-0.1, -0.05) is 30.0 Å². The second kappa shape index (κ2) is 9.23. The molecule has 1 aliphatic heterocycles. The van der Waals surface area contributed by atoms with Crippen LogP contribution >= 0.6 is 0 Å². The largest absolute Gasteiger partial charge is 0.377 e. The number of aromatic nitrogens is 4. The fourth-order valence-corrected chi connectivity index (χ4v) is 3.91. The lowest BCUT2D eigenvalue weighted by molar-refractivity contribution is -0.133. The van der Waals surface area contributed by atoms with Gasteiger partial charge in [-0.25, -0.2) is 9.53 Å². The molecule has 0 spiro atoms. The summed E-state index contributed by atoms with van der Waals surface area (Å²) in [7, 11) is 0. The van der Waals surface area contributed by atoms with Crippen LogP contribution in [0.4, 0.5) is 5.69 Å². The number of hydrogen-bond donors (Lipinski definition) is 1. The number of aliphatic hydroxyl groups is 1. The van der Waals surface area contributed by atoms with E-state index >= 15 is 0 Å². The number of nitrogens with zero attached hydrogens (tertiary/aromatic N) is 6. The summed E-state index contributed by atoms with van der Waals surface area (Å²) in [6, 6.07) is 11.3. The van der Waals surface area contributed by atoms with E-state index in [9.17, 15) is 9.90 Å². The van der Waals surface area contributed by atoms with Gasteiger partial charge in [-0.2, -0.15) is 0 Å². The van der Waals surface area contributed by atoms with Gasteiger partial charge in [-0.3, -0.25) is 4.79 Å². The molecule has 33 heavy (non-hydrogen) atoms. The Hall–Kier alpha value is -4.01. The SMILES string of the molecule is [C-]#[N+]c1c(C)ccc(C#CC2(O)CCN(C(=O)Cc3ccc(-n4cnnn4)cc3)CC2)c1C. The summed E-state index contributed by atoms with van der Waals surface area (Å²) >= 11 is 0. The molecule has 0 bridgehead atoms. The first kappa shape index (κ1) is 22.2. The number of likely N-dealkylation sites (tertiary alicyclic amines) is 1. The fraction of sp³-hybridized carbons (Fsp3) is 0.320. The summed E-state index contributed by atoms with van der Waals surface area (Å²) in [5.74, 6) is 6.09. The molecule has 166 valence electrons. The summed E-state index contributed by atoms with van der Waals surface area (Å²) in [6.45, 7) is 12.0. The number of benzene rings is 2. The summed E-state index contributed by atoms with van der Waals surface area (Å²) in [4.78, 5) is 18.1. The molecule has 0 saturated carbocycles. The number of carbonyl (C=O) groups excluding carboxylic acids is 1. The van der Waals surface area contributed by atoms with Gasteiger partial charge in [0.25, 0.3) is 0 Å². The van der Waals surface area contributed by atoms with Crippen LogP contribution in [0.5, 0.6) is 0 Å². The standard InChI is InChI=1S/C25H24N6O2/c1-18-4-7-21(19(2)24(18)26-3)10-11-25(33)12-14-30(15-13-25)23(32)16-20-5-8-22(9-6-20)31-17-27-28-29-31/h4-9,17,33H,12-16H2,1-2H3. The predicted molar refractivity (Wildman–Crippen MR) is 123 cm³/mol. The zero-order valence-electron chi connectivity index (χ0n) is 18.6. The minimum absolute atomic E-state index is 0.0243. The highest BCUT2D eigenvalue weighted by Crippen LogP contribution is 2.27. The van der Waals surface area contributed by atoms with Gasteiger partial charge in [0, 0.05) is 31.5 Å². The number of carbonyl (C=O) groups is 1. The summed E-state index contributed by atoms with van der Waals surface area (Å²) < 4.78 is 1.55. The third kappa shape index (κ3) is 4.92. The average Bonchev–Trinajstić information content (AvgIpc) is 3.35. The van der Waals surface area contributed by atoms with E-state index < -0.39 is 5.60 Å². The van der Waals surface area contributed by atoms with Crippen molar-refractivity contribution < 1.29 is 9.90 Å². The van der Waals surface area contributed by atoms with E-state index in [0.717, 1.165) is 27.9 Å². The Labute approximate surface area is 192 Å². The number of aryl methyl sites for hydroxylation is 1. The Morgan fingerprint density at radius 1 is 1.18 bits per heavy atom.